The Kier molecular flexibility index (Phi) is 9.65. The van der Waals surface area contributed by atoms with Crippen molar-refractivity contribution >= 4 is 35.0 Å². The number of nitrogens with zero attached hydrogens (tertiary/aromatic N) is 1. The largest absolute Gasteiger partial charge is 0.352 e. The van der Waals surface area contributed by atoms with Gasteiger partial charge in [-0.1, -0.05) is 109 Å². The molecule has 4 nitrogen and oxygen atoms in total. The summed E-state index contributed by atoms with van der Waals surface area (Å²) in [7, 11) is 0. The highest BCUT2D eigenvalue weighted by atomic mass is 35.5. The van der Waals surface area contributed by atoms with Crippen LogP contribution in [-0.2, 0) is 29.0 Å². The van der Waals surface area contributed by atoms with Crippen molar-refractivity contribution in [2.24, 2.45) is 0 Å². The predicted molar refractivity (Wildman–Crippen MR) is 151 cm³/mol. The average Bonchev–Trinajstić information content (AvgIpc) is 2.90. The normalized spacial score (nSPS) is 14.7. The Morgan fingerprint density at radius 3 is 2.16 bits per heavy atom. The molecule has 3 aromatic rings. The second-order valence-corrected chi connectivity index (χ2v) is 10.7. The Morgan fingerprint density at radius 1 is 0.865 bits per heavy atom. The fraction of sp³-hybridized carbons (Fsp3) is 0.355. The third kappa shape index (κ3) is 7.59. The fourth-order valence-electron chi connectivity index (χ4n) is 4.94. The van der Waals surface area contributed by atoms with Crippen molar-refractivity contribution in [2.75, 3.05) is 0 Å². The molecule has 1 fully saturated rings. The van der Waals surface area contributed by atoms with Gasteiger partial charge in [0.25, 0.3) is 0 Å². The predicted octanol–water partition coefficient (Wildman–Crippen LogP) is 6.93. The minimum Gasteiger partial charge on any atom is -0.352 e. The van der Waals surface area contributed by atoms with Gasteiger partial charge in [0, 0.05) is 29.1 Å². The van der Waals surface area contributed by atoms with E-state index in [1.54, 1.807) is 23.1 Å². The quantitative estimate of drug-likeness (QED) is 0.322. The van der Waals surface area contributed by atoms with Gasteiger partial charge in [0.15, 0.2) is 0 Å². The molecule has 1 aliphatic carbocycles. The molecule has 2 amide bonds. The lowest BCUT2D eigenvalue weighted by Gasteiger charge is -2.33. The zero-order valence-electron chi connectivity index (χ0n) is 21.3. The van der Waals surface area contributed by atoms with Crippen LogP contribution in [-0.4, -0.2) is 28.8 Å². The molecule has 1 atom stereocenters. The van der Waals surface area contributed by atoms with Crippen molar-refractivity contribution in [2.45, 2.75) is 70.5 Å². The summed E-state index contributed by atoms with van der Waals surface area (Å²) in [6, 6.07) is 22.7. The maximum absolute atomic E-state index is 13.9. The summed E-state index contributed by atoms with van der Waals surface area (Å²) in [5, 5.41) is 4.16. The number of hydrogen-bond donors (Lipinski definition) is 1. The van der Waals surface area contributed by atoms with Crippen molar-refractivity contribution in [3.8, 4) is 0 Å². The van der Waals surface area contributed by atoms with Crippen molar-refractivity contribution in [1.82, 2.24) is 10.2 Å². The Bertz CT molecular complexity index is 1170. The van der Waals surface area contributed by atoms with Gasteiger partial charge in [-0.2, -0.15) is 0 Å². The third-order valence-corrected chi connectivity index (χ3v) is 7.79. The molecule has 0 saturated heterocycles. The summed E-state index contributed by atoms with van der Waals surface area (Å²) in [5.41, 5.74) is 3.69. The first-order chi connectivity index (χ1) is 17.9. The van der Waals surface area contributed by atoms with Gasteiger partial charge in [0.1, 0.15) is 6.04 Å². The topological polar surface area (TPSA) is 49.4 Å². The molecule has 3 aromatic carbocycles. The number of rotatable bonds is 9. The van der Waals surface area contributed by atoms with E-state index in [1.165, 1.54) is 6.42 Å². The standard InChI is InChI=1S/C31H34Cl2N2O2/c1-22-15-17-24(18-16-22)21-35(30(36)20-26-27(32)13-8-14-28(26)33)29(19-23-9-4-2-5-10-23)31(37)34-25-11-6-3-7-12-25/h2,4-5,8-10,13-18,25,29H,3,6-7,11-12,19-21H2,1H3,(H,34,37)/t29-/m0/s1. The highest BCUT2D eigenvalue weighted by Gasteiger charge is 2.32. The Labute approximate surface area is 230 Å². The molecule has 0 radical (unpaired) electrons. The van der Waals surface area contributed by atoms with E-state index in [4.69, 9.17) is 23.2 Å². The van der Waals surface area contributed by atoms with Crippen molar-refractivity contribution in [3.63, 3.8) is 0 Å². The summed E-state index contributed by atoms with van der Waals surface area (Å²) < 4.78 is 0. The van der Waals surface area contributed by atoms with Crippen LogP contribution in [0.3, 0.4) is 0 Å². The summed E-state index contributed by atoms with van der Waals surface area (Å²) in [4.78, 5) is 29.5. The molecule has 0 bridgehead atoms. The van der Waals surface area contributed by atoms with Crippen LogP contribution >= 0.6 is 23.2 Å². The van der Waals surface area contributed by atoms with Gasteiger partial charge < -0.3 is 10.2 Å². The van der Waals surface area contributed by atoms with E-state index < -0.39 is 6.04 Å². The second kappa shape index (κ2) is 13.1. The van der Waals surface area contributed by atoms with Crippen LogP contribution in [0.1, 0.15) is 54.4 Å². The number of benzene rings is 3. The average molecular weight is 538 g/mol. The Morgan fingerprint density at radius 2 is 1.51 bits per heavy atom. The minimum absolute atomic E-state index is 0.0202. The first kappa shape index (κ1) is 27.2. The van der Waals surface area contributed by atoms with Gasteiger partial charge in [0.2, 0.25) is 11.8 Å². The maximum Gasteiger partial charge on any atom is 0.243 e. The van der Waals surface area contributed by atoms with E-state index >= 15 is 0 Å². The van der Waals surface area contributed by atoms with Crippen molar-refractivity contribution < 1.29 is 9.59 Å². The lowest BCUT2D eigenvalue weighted by atomic mass is 9.94. The van der Waals surface area contributed by atoms with Crippen LogP contribution in [0.25, 0.3) is 0 Å². The molecule has 194 valence electrons. The van der Waals surface area contributed by atoms with Gasteiger partial charge in [-0.15, -0.1) is 0 Å². The Hall–Kier alpha value is -2.82. The molecule has 0 spiro atoms. The first-order valence-electron chi connectivity index (χ1n) is 13.0. The smallest absolute Gasteiger partial charge is 0.243 e. The van der Waals surface area contributed by atoms with E-state index in [1.807, 2.05) is 61.5 Å². The number of nitrogens with one attached hydrogen (secondary N) is 1. The summed E-state index contributed by atoms with van der Waals surface area (Å²) in [6.45, 7) is 2.35. The van der Waals surface area contributed by atoms with Gasteiger partial charge >= 0.3 is 0 Å². The van der Waals surface area contributed by atoms with E-state index in [0.29, 0.717) is 28.6 Å². The van der Waals surface area contributed by atoms with Crippen molar-refractivity contribution in [3.05, 3.63) is 105 Å². The molecule has 0 heterocycles. The molecule has 0 aromatic heterocycles. The number of carbonyl (C=O) groups is 2. The van der Waals surface area contributed by atoms with E-state index in [-0.39, 0.29) is 24.3 Å². The molecular weight excluding hydrogens is 503 g/mol. The molecular formula is C31H34Cl2N2O2. The monoisotopic (exact) mass is 536 g/mol. The van der Waals surface area contributed by atoms with E-state index in [2.05, 4.69) is 5.32 Å². The van der Waals surface area contributed by atoms with Gasteiger partial charge in [-0.3, -0.25) is 9.59 Å². The molecule has 4 rings (SSSR count). The van der Waals surface area contributed by atoms with E-state index in [9.17, 15) is 9.59 Å². The lowest BCUT2D eigenvalue weighted by Crippen LogP contribution is -2.53. The highest BCUT2D eigenvalue weighted by Crippen LogP contribution is 2.27. The van der Waals surface area contributed by atoms with Gasteiger partial charge in [-0.05, 0) is 48.6 Å². The first-order valence-corrected chi connectivity index (χ1v) is 13.8. The summed E-state index contributed by atoms with van der Waals surface area (Å²) in [5.74, 6) is -0.295. The number of halogens is 2. The number of carbonyl (C=O) groups excluding carboxylic acids is 2. The highest BCUT2D eigenvalue weighted by molar-refractivity contribution is 6.36. The van der Waals surface area contributed by atoms with Crippen LogP contribution in [0.2, 0.25) is 10.0 Å². The second-order valence-electron chi connectivity index (χ2n) is 9.93. The third-order valence-electron chi connectivity index (χ3n) is 7.09. The maximum atomic E-state index is 13.9. The molecule has 6 heteroatoms. The van der Waals surface area contributed by atoms with E-state index in [0.717, 1.165) is 42.4 Å². The number of amides is 2. The molecule has 37 heavy (non-hydrogen) atoms. The molecule has 0 unspecified atom stereocenters. The van der Waals surface area contributed by atoms with Crippen LogP contribution in [0.15, 0.2) is 72.8 Å². The SMILES string of the molecule is Cc1ccc(CN(C(=O)Cc2c(Cl)cccc2Cl)[C@@H](Cc2ccccc2)C(=O)NC2CCCCC2)cc1. The Balaban J connectivity index is 1.68. The fourth-order valence-corrected chi connectivity index (χ4v) is 5.47. The summed E-state index contributed by atoms with van der Waals surface area (Å²) >= 11 is 12.8. The zero-order chi connectivity index (χ0) is 26.2. The minimum atomic E-state index is -0.667. The van der Waals surface area contributed by atoms with Crippen LogP contribution < -0.4 is 5.32 Å². The van der Waals surface area contributed by atoms with Crippen LogP contribution in [0, 0.1) is 6.92 Å². The molecule has 1 saturated carbocycles. The van der Waals surface area contributed by atoms with Crippen LogP contribution in [0.5, 0.6) is 0 Å². The lowest BCUT2D eigenvalue weighted by molar-refractivity contribution is -0.141. The molecule has 1 aliphatic rings. The number of hydrogen-bond acceptors (Lipinski definition) is 2. The van der Waals surface area contributed by atoms with Crippen LogP contribution in [0.4, 0.5) is 0 Å². The summed E-state index contributed by atoms with van der Waals surface area (Å²) in [6.07, 6.45) is 5.84. The van der Waals surface area contributed by atoms with Gasteiger partial charge in [0.05, 0.1) is 6.42 Å². The zero-order valence-corrected chi connectivity index (χ0v) is 22.8. The van der Waals surface area contributed by atoms with Gasteiger partial charge in [-0.25, -0.2) is 0 Å². The molecule has 0 aliphatic heterocycles. The number of aryl methyl sites for hydroxylation is 1. The van der Waals surface area contributed by atoms with Crippen molar-refractivity contribution in [1.29, 1.82) is 0 Å². The molecule has 1 N–H and O–H groups in total.